The molecule has 20 heavy (non-hydrogen) atoms. The zero-order chi connectivity index (χ0) is 14.6. The number of likely N-dealkylation sites (N-methyl/N-ethyl adjacent to an activating group) is 1. The molecule has 2 heterocycles. The highest BCUT2D eigenvalue weighted by Crippen LogP contribution is 2.25. The third kappa shape index (κ3) is 3.41. The van der Waals surface area contributed by atoms with Crippen molar-refractivity contribution in [1.82, 2.24) is 20.0 Å². The lowest BCUT2D eigenvalue weighted by atomic mass is 9.87. The van der Waals surface area contributed by atoms with E-state index in [1.165, 1.54) is 37.9 Å². The summed E-state index contributed by atoms with van der Waals surface area (Å²) < 4.78 is 2.01. The Morgan fingerprint density at radius 1 is 1.30 bits per heavy atom. The highest BCUT2D eigenvalue weighted by molar-refractivity contribution is 5.10. The second kappa shape index (κ2) is 6.72. The topological polar surface area (TPSA) is 33.1 Å². The zero-order valence-electron chi connectivity index (χ0n) is 13.5. The Labute approximate surface area is 123 Å². The van der Waals surface area contributed by atoms with Crippen LogP contribution < -0.4 is 5.32 Å². The van der Waals surface area contributed by atoms with Gasteiger partial charge in [0.05, 0.1) is 6.20 Å². The molecule has 1 saturated heterocycles. The van der Waals surface area contributed by atoms with Gasteiger partial charge in [0.2, 0.25) is 0 Å². The van der Waals surface area contributed by atoms with Gasteiger partial charge in [-0.3, -0.25) is 9.58 Å². The van der Waals surface area contributed by atoms with E-state index in [0.29, 0.717) is 6.04 Å². The Bertz CT molecular complexity index is 404. The lowest BCUT2D eigenvalue weighted by molar-refractivity contribution is 0.0635. The largest absolute Gasteiger partial charge is 0.315 e. The van der Waals surface area contributed by atoms with Crippen LogP contribution >= 0.6 is 0 Å². The van der Waals surface area contributed by atoms with Gasteiger partial charge in [-0.25, -0.2) is 0 Å². The predicted molar refractivity (Wildman–Crippen MR) is 84.0 cm³/mol. The Hall–Kier alpha value is -0.870. The molecule has 0 aliphatic carbocycles. The standard InChI is InChI=1S/C16H30N4/c1-5-20-13-14(12-18-20)11-15(17-4)16(2,3)19-9-7-6-8-10-19/h12-13,15,17H,5-11H2,1-4H3. The van der Waals surface area contributed by atoms with Crippen molar-refractivity contribution in [2.24, 2.45) is 0 Å². The van der Waals surface area contributed by atoms with Crippen molar-refractivity contribution in [2.75, 3.05) is 20.1 Å². The summed E-state index contributed by atoms with van der Waals surface area (Å²) in [6.45, 7) is 10.3. The van der Waals surface area contributed by atoms with Crippen LogP contribution in [0.15, 0.2) is 12.4 Å². The lowest BCUT2D eigenvalue weighted by Gasteiger charge is -2.46. The average Bonchev–Trinajstić information content (AvgIpc) is 2.93. The maximum atomic E-state index is 4.39. The van der Waals surface area contributed by atoms with Crippen molar-refractivity contribution in [3.05, 3.63) is 18.0 Å². The van der Waals surface area contributed by atoms with Crippen LogP contribution in [-0.2, 0) is 13.0 Å². The third-order valence-electron chi connectivity index (χ3n) is 4.82. The summed E-state index contributed by atoms with van der Waals surface area (Å²) in [5.41, 5.74) is 1.51. The molecule has 0 bridgehead atoms. The molecule has 4 nitrogen and oxygen atoms in total. The van der Waals surface area contributed by atoms with E-state index in [-0.39, 0.29) is 5.54 Å². The number of nitrogens with one attached hydrogen (secondary N) is 1. The minimum atomic E-state index is 0.184. The van der Waals surface area contributed by atoms with E-state index in [1.54, 1.807) is 0 Å². The van der Waals surface area contributed by atoms with E-state index in [2.05, 4.69) is 49.3 Å². The molecular formula is C16H30N4. The summed E-state index contributed by atoms with van der Waals surface area (Å²) in [7, 11) is 2.08. The number of rotatable bonds is 6. The second-order valence-corrected chi connectivity index (χ2v) is 6.45. The minimum Gasteiger partial charge on any atom is -0.315 e. The van der Waals surface area contributed by atoms with Crippen LogP contribution in [0.5, 0.6) is 0 Å². The SMILES string of the molecule is CCn1cc(CC(NC)C(C)(C)N2CCCCC2)cn1. The van der Waals surface area contributed by atoms with E-state index < -0.39 is 0 Å². The first-order valence-electron chi connectivity index (χ1n) is 8.01. The number of aryl methyl sites for hydroxylation is 1. The Kier molecular flexibility index (Phi) is 5.22. The molecule has 1 aromatic heterocycles. The van der Waals surface area contributed by atoms with Crippen molar-refractivity contribution in [2.45, 2.75) is 64.6 Å². The summed E-state index contributed by atoms with van der Waals surface area (Å²) in [5.74, 6) is 0. The number of aromatic nitrogens is 2. The van der Waals surface area contributed by atoms with Gasteiger partial charge in [-0.1, -0.05) is 6.42 Å². The van der Waals surface area contributed by atoms with Gasteiger partial charge in [-0.2, -0.15) is 5.10 Å². The van der Waals surface area contributed by atoms with Crippen LogP contribution in [0.2, 0.25) is 0 Å². The normalized spacial score (nSPS) is 19.2. The fourth-order valence-corrected chi connectivity index (χ4v) is 3.32. The van der Waals surface area contributed by atoms with E-state index in [9.17, 15) is 0 Å². The first-order valence-corrected chi connectivity index (χ1v) is 8.01. The highest BCUT2D eigenvalue weighted by atomic mass is 15.3. The predicted octanol–water partition coefficient (Wildman–Crippen LogP) is 2.30. The van der Waals surface area contributed by atoms with Crippen molar-refractivity contribution in [1.29, 1.82) is 0 Å². The quantitative estimate of drug-likeness (QED) is 0.867. The Balaban J connectivity index is 2.05. The van der Waals surface area contributed by atoms with Gasteiger partial charge < -0.3 is 5.32 Å². The number of piperidine rings is 1. The molecule has 1 fully saturated rings. The first kappa shape index (κ1) is 15.5. The molecule has 0 saturated carbocycles. The van der Waals surface area contributed by atoms with Gasteiger partial charge in [0.25, 0.3) is 0 Å². The molecule has 1 atom stereocenters. The van der Waals surface area contributed by atoms with Gasteiger partial charge in [-0.05, 0) is 65.7 Å². The third-order valence-corrected chi connectivity index (χ3v) is 4.82. The molecule has 0 aromatic carbocycles. The summed E-state index contributed by atoms with van der Waals surface area (Å²) >= 11 is 0. The number of hydrogen-bond donors (Lipinski definition) is 1. The van der Waals surface area contributed by atoms with Gasteiger partial charge >= 0.3 is 0 Å². The van der Waals surface area contributed by atoms with Crippen molar-refractivity contribution in [3.8, 4) is 0 Å². The molecule has 1 N–H and O–H groups in total. The van der Waals surface area contributed by atoms with E-state index in [0.717, 1.165) is 13.0 Å². The van der Waals surface area contributed by atoms with E-state index in [4.69, 9.17) is 0 Å². The summed E-state index contributed by atoms with van der Waals surface area (Å²) in [4.78, 5) is 2.65. The van der Waals surface area contributed by atoms with Crippen LogP contribution in [0.1, 0.15) is 45.6 Å². The van der Waals surface area contributed by atoms with Crippen molar-refractivity contribution >= 4 is 0 Å². The summed E-state index contributed by atoms with van der Waals surface area (Å²) in [6, 6.07) is 0.454. The van der Waals surface area contributed by atoms with Gasteiger partial charge in [-0.15, -0.1) is 0 Å². The number of nitrogens with zero attached hydrogens (tertiary/aromatic N) is 3. The van der Waals surface area contributed by atoms with E-state index in [1.807, 2.05) is 10.9 Å². The molecule has 1 aromatic rings. The van der Waals surface area contributed by atoms with Gasteiger partial charge in [0.1, 0.15) is 0 Å². The van der Waals surface area contributed by atoms with Crippen LogP contribution in [-0.4, -0.2) is 46.4 Å². The molecule has 114 valence electrons. The first-order chi connectivity index (χ1) is 9.57. The number of hydrogen-bond acceptors (Lipinski definition) is 3. The molecular weight excluding hydrogens is 248 g/mol. The summed E-state index contributed by atoms with van der Waals surface area (Å²) in [6.07, 6.45) is 9.30. The van der Waals surface area contributed by atoms with Crippen LogP contribution in [0.25, 0.3) is 0 Å². The number of likely N-dealkylation sites (tertiary alicyclic amines) is 1. The van der Waals surface area contributed by atoms with Crippen molar-refractivity contribution < 1.29 is 0 Å². The maximum Gasteiger partial charge on any atom is 0.0522 e. The minimum absolute atomic E-state index is 0.184. The molecule has 1 unspecified atom stereocenters. The zero-order valence-corrected chi connectivity index (χ0v) is 13.5. The fraction of sp³-hybridized carbons (Fsp3) is 0.812. The van der Waals surface area contributed by atoms with Gasteiger partial charge in [0, 0.05) is 24.3 Å². The lowest BCUT2D eigenvalue weighted by Crippen LogP contribution is -2.59. The van der Waals surface area contributed by atoms with Crippen LogP contribution in [0.4, 0.5) is 0 Å². The molecule has 1 aliphatic heterocycles. The molecule has 4 heteroatoms. The fourth-order valence-electron chi connectivity index (χ4n) is 3.32. The molecule has 0 spiro atoms. The molecule has 1 aliphatic rings. The van der Waals surface area contributed by atoms with Crippen LogP contribution in [0, 0.1) is 0 Å². The van der Waals surface area contributed by atoms with Crippen LogP contribution in [0.3, 0.4) is 0 Å². The maximum absolute atomic E-state index is 4.39. The summed E-state index contributed by atoms with van der Waals surface area (Å²) in [5, 5.41) is 7.93. The van der Waals surface area contributed by atoms with Crippen molar-refractivity contribution in [3.63, 3.8) is 0 Å². The highest BCUT2D eigenvalue weighted by Gasteiger charge is 2.35. The molecule has 0 amide bonds. The molecule has 2 rings (SSSR count). The van der Waals surface area contributed by atoms with E-state index >= 15 is 0 Å². The Morgan fingerprint density at radius 3 is 2.55 bits per heavy atom. The monoisotopic (exact) mass is 278 g/mol. The second-order valence-electron chi connectivity index (χ2n) is 6.45. The Morgan fingerprint density at radius 2 is 2.00 bits per heavy atom. The smallest absolute Gasteiger partial charge is 0.0522 e. The van der Waals surface area contributed by atoms with Gasteiger partial charge in [0.15, 0.2) is 0 Å². The molecule has 0 radical (unpaired) electrons. The average molecular weight is 278 g/mol.